The van der Waals surface area contributed by atoms with Crippen LogP contribution in [-0.2, 0) is 11.3 Å². The van der Waals surface area contributed by atoms with Gasteiger partial charge in [0.25, 0.3) is 5.91 Å². The second-order valence-electron chi connectivity index (χ2n) is 7.21. The first kappa shape index (κ1) is 19.1. The SMILES string of the molecule is CCC1CN(C(=O)c2cnc(C)cc2C)CCC(=O)N1Cc1ccccc1. The molecule has 0 bridgehead atoms. The molecule has 0 N–H and O–H groups in total. The number of pyridine rings is 1. The van der Waals surface area contributed by atoms with Crippen LogP contribution in [0.2, 0.25) is 0 Å². The van der Waals surface area contributed by atoms with Gasteiger partial charge in [0.15, 0.2) is 0 Å². The third-order valence-corrected chi connectivity index (χ3v) is 5.22. The Labute approximate surface area is 161 Å². The Kier molecular flexibility index (Phi) is 5.89. The largest absolute Gasteiger partial charge is 0.336 e. The highest BCUT2D eigenvalue weighted by Gasteiger charge is 2.31. The van der Waals surface area contributed by atoms with E-state index in [1.165, 1.54) is 0 Å². The van der Waals surface area contributed by atoms with Crippen LogP contribution in [0.5, 0.6) is 0 Å². The number of amides is 2. The van der Waals surface area contributed by atoms with Crippen LogP contribution in [0, 0.1) is 13.8 Å². The first-order chi connectivity index (χ1) is 13.0. The lowest BCUT2D eigenvalue weighted by Crippen LogP contribution is -2.43. The summed E-state index contributed by atoms with van der Waals surface area (Å²) in [4.78, 5) is 33.9. The predicted molar refractivity (Wildman–Crippen MR) is 105 cm³/mol. The normalized spacial score (nSPS) is 17.7. The van der Waals surface area contributed by atoms with Crippen molar-refractivity contribution in [1.29, 1.82) is 0 Å². The van der Waals surface area contributed by atoms with Crippen molar-refractivity contribution >= 4 is 11.8 Å². The molecule has 1 aliphatic heterocycles. The molecule has 1 unspecified atom stereocenters. The number of carbonyl (C=O) groups is 2. The average Bonchev–Trinajstić information content (AvgIpc) is 2.82. The number of rotatable bonds is 4. The molecule has 2 heterocycles. The minimum Gasteiger partial charge on any atom is -0.336 e. The van der Waals surface area contributed by atoms with Crippen molar-refractivity contribution < 1.29 is 9.59 Å². The van der Waals surface area contributed by atoms with Crippen LogP contribution >= 0.6 is 0 Å². The van der Waals surface area contributed by atoms with E-state index < -0.39 is 0 Å². The molecule has 27 heavy (non-hydrogen) atoms. The third kappa shape index (κ3) is 4.35. The van der Waals surface area contributed by atoms with Gasteiger partial charge in [-0.05, 0) is 37.5 Å². The molecule has 1 aliphatic rings. The van der Waals surface area contributed by atoms with E-state index in [1.807, 2.05) is 60.0 Å². The quantitative estimate of drug-likeness (QED) is 0.835. The molecule has 5 heteroatoms. The van der Waals surface area contributed by atoms with E-state index in [9.17, 15) is 9.59 Å². The molecule has 3 rings (SSSR count). The zero-order valence-corrected chi connectivity index (χ0v) is 16.3. The summed E-state index contributed by atoms with van der Waals surface area (Å²) in [6.07, 6.45) is 2.82. The van der Waals surface area contributed by atoms with Crippen LogP contribution in [0.15, 0.2) is 42.6 Å². The molecule has 5 nitrogen and oxygen atoms in total. The maximum atomic E-state index is 13.1. The highest BCUT2D eigenvalue weighted by molar-refractivity contribution is 5.95. The lowest BCUT2D eigenvalue weighted by Gasteiger charge is -2.31. The van der Waals surface area contributed by atoms with Crippen LogP contribution in [0.1, 0.15) is 46.9 Å². The Hall–Kier alpha value is -2.69. The van der Waals surface area contributed by atoms with Crippen molar-refractivity contribution in [3.05, 3.63) is 65.0 Å². The van der Waals surface area contributed by atoms with Gasteiger partial charge >= 0.3 is 0 Å². The molecule has 1 saturated heterocycles. The minimum absolute atomic E-state index is 0.0165. The molecule has 1 aromatic heterocycles. The van der Waals surface area contributed by atoms with Crippen LogP contribution in [0.3, 0.4) is 0 Å². The van der Waals surface area contributed by atoms with Gasteiger partial charge in [-0.3, -0.25) is 14.6 Å². The third-order valence-electron chi connectivity index (χ3n) is 5.22. The minimum atomic E-state index is -0.0344. The summed E-state index contributed by atoms with van der Waals surface area (Å²) in [5, 5.41) is 0. The molecule has 0 radical (unpaired) electrons. The fraction of sp³-hybridized carbons (Fsp3) is 0.409. The Morgan fingerprint density at radius 3 is 2.63 bits per heavy atom. The molecule has 0 saturated carbocycles. The monoisotopic (exact) mass is 365 g/mol. The number of hydrogen-bond acceptors (Lipinski definition) is 3. The Morgan fingerprint density at radius 1 is 1.22 bits per heavy atom. The summed E-state index contributed by atoms with van der Waals surface area (Å²) in [5.41, 5.74) is 3.56. The molecule has 1 aromatic carbocycles. The summed E-state index contributed by atoms with van der Waals surface area (Å²) in [6.45, 7) is 7.52. The molecule has 142 valence electrons. The molecule has 2 aromatic rings. The number of aryl methyl sites for hydroxylation is 2. The Balaban J connectivity index is 1.80. The van der Waals surface area contributed by atoms with E-state index in [1.54, 1.807) is 6.20 Å². The van der Waals surface area contributed by atoms with Gasteiger partial charge in [0, 0.05) is 44.0 Å². The maximum Gasteiger partial charge on any atom is 0.255 e. The smallest absolute Gasteiger partial charge is 0.255 e. The van der Waals surface area contributed by atoms with E-state index in [0.29, 0.717) is 31.6 Å². The summed E-state index contributed by atoms with van der Waals surface area (Å²) >= 11 is 0. The van der Waals surface area contributed by atoms with Crippen molar-refractivity contribution in [2.24, 2.45) is 0 Å². The van der Waals surface area contributed by atoms with Crippen LogP contribution in [-0.4, -0.2) is 45.7 Å². The summed E-state index contributed by atoms with van der Waals surface area (Å²) in [7, 11) is 0. The second kappa shape index (κ2) is 8.33. The average molecular weight is 365 g/mol. The molecule has 0 aliphatic carbocycles. The number of benzene rings is 1. The van der Waals surface area contributed by atoms with E-state index in [0.717, 1.165) is 23.2 Å². The fourth-order valence-corrected chi connectivity index (χ4v) is 3.64. The van der Waals surface area contributed by atoms with E-state index >= 15 is 0 Å². The number of hydrogen-bond donors (Lipinski definition) is 0. The first-order valence-corrected chi connectivity index (χ1v) is 9.55. The van der Waals surface area contributed by atoms with Gasteiger partial charge in [-0.1, -0.05) is 37.3 Å². The highest BCUT2D eigenvalue weighted by Crippen LogP contribution is 2.20. The number of carbonyl (C=O) groups excluding carboxylic acids is 2. The van der Waals surface area contributed by atoms with Crippen LogP contribution in [0.25, 0.3) is 0 Å². The molecule has 1 fully saturated rings. The lowest BCUT2D eigenvalue weighted by molar-refractivity contribution is -0.133. The molecule has 0 spiro atoms. The van der Waals surface area contributed by atoms with Gasteiger partial charge in [0.05, 0.1) is 5.56 Å². The first-order valence-electron chi connectivity index (χ1n) is 9.55. The van der Waals surface area contributed by atoms with Gasteiger partial charge in [-0.25, -0.2) is 0 Å². The summed E-state index contributed by atoms with van der Waals surface area (Å²) in [5.74, 6) is 0.0765. The van der Waals surface area contributed by atoms with Crippen molar-refractivity contribution in [2.45, 2.75) is 46.2 Å². The number of nitrogens with zero attached hydrogens (tertiary/aromatic N) is 3. The van der Waals surface area contributed by atoms with Gasteiger partial charge in [0.1, 0.15) is 0 Å². The van der Waals surface area contributed by atoms with Gasteiger partial charge in [0.2, 0.25) is 5.91 Å². The Bertz CT molecular complexity index is 820. The zero-order valence-electron chi connectivity index (χ0n) is 16.3. The highest BCUT2D eigenvalue weighted by atomic mass is 16.2. The van der Waals surface area contributed by atoms with Crippen molar-refractivity contribution in [2.75, 3.05) is 13.1 Å². The van der Waals surface area contributed by atoms with Crippen molar-refractivity contribution in [1.82, 2.24) is 14.8 Å². The predicted octanol–water partition coefficient (Wildman–Crippen LogP) is 3.35. The second-order valence-corrected chi connectivity index (χ2v) is 7.21. The molecular formula is C22H27N3O2. The van der Waals surface area contributed by atoms with E-state index in [2.05, 4.69) is 11.9 Å². The van der Waals surface area contributed by atoms with Crippen molar-refractivity contribution in [3.8, 4) is 0 Å². The van der Waals surface area contributed by atoms with Gasteiger partial charge in [-0.2, -0.15) is 0 Å². The number of aromatic nitrogens is 1. The fourth-order valence-electron chi connectivity index (χ4n) is 3.64. The van der Waals surface area contributed by atoms with Crippen molar-refractivity contribution in [3.63, 3.8) is 0 Å². The standard InChI is InChI=1S/C22H27N3O2/c1-4-19-15-24(22(27)20-13-23-17(3)12-16(20)2)11-10-21(26)25(19)14-18-8-6-5-7-9-18/h5-9,12-13,19H,4,10-11,14-15H2,1-3H3. The zero-order chi connectivity index (χ0) is 19.4. The van der Waals surface area contributed by atoms with Gasteiger partial charge in [-0.15, -0.1) is 0 Å². The van der Waals surface area contributed by atoms with Crippen LogP contribution in [0.4, 0.5) is 0 Å². The summed E-state index contributed by atoms with van der Waals surface area (Å²) < 4.78 is 0. The maximum absolute atomic E-state index is 13.1. The van der Waals surface area contributed by atoms with E-state index in [-0.39, 0.29) is 17.9 Å². The molecule has 1 atom stereocenters. The van der Waals surface area contributed by atoms with E-state index in [4.69, 9.17) is 0 Å². The Morgan fingerprint density at radius 2 is 1.96 bits per heavy atom. The van der Waals surface area contributed by atoms with Gasteiger partial charge < -0.3 is 9.80 Å². The van der Waals surface area contributed by atoms with Crippen LogP contribution < -0.4 is 0 Å². The molecular weight excluding hydrogens is 338 g/mol. The summed E-state index contributed by atoms with van der Waals surface area (Å²) in [6, 6.07) is 12.0. The topological polar surface area (TPSA) is 53.5 Å². The lowest BCUT2D eigenvalue weighted by atomic mass is 10.1. The molecule has 2 amide bonds.